The van der Waals surface area contributed by atoms with Gasteiger partial charge in [-0.1, -0.05) is 11.8 Å². The van der Waals surface area contributed by atoms with E-state index in [1.165, 1.54) is 17.8 Å². The van der Waals surface area contributed by atoms with Gasteiger partial charge in [0.15, 0.2) is 5.16 Å². The monoisotopic (exact) mass is 178 g/mol. The first-order valence-corrected chi connectivity index (χ1v) is 4.01. The van der Waals surface area contributed by atoms with Crippen molar-refractivity contribution in [2.45, 2.75) is 12.1 Å². The van der Waals surface area contributed by atoms with Gasteiger partial charge >= 0.3 is 29.6 Å². The van der Waals surface area contributed by atoms with E-state index in [1.54, 1.807) is 6.92 Å². The van der Waals surface area contributed by atoms with Crippen LogP contribution in [0.1, 0.15) is 5.69 Å². The van der Waals surface area contributed by atoms with Gasteiger partial charge in [-0.25, -0.2) is 9.97 Å². The van der Waals surface area contributed by atoms with Crippen LogP contribution in [0.4, 0.5) is 0 Å². The molecule has 0 saturated heterocycles. The quantitative estimate of drug-likeness (QED) is 0.273. The molecule has 0 atom stereocenters. The van der Waals surface area contributed by atoms with Crippen molar-refractivity contribution in [1.82, 2.24) is 9.97 Å². The van der Waals surface area contributed by atoms with Crippen LogP contribution in [0.3, 0.4) is 0 Å². The molecule has 0 fully saturated rings. The molecule has 5 heteroatoms. The molecule has 0 unspecified atom stereocenters. The first kappa shape index (κ1) is 11.2. The Labute approximate surface area is 91.9 Å². The molecule has 54 valence electrons. The third-order valence-electron chi connectivity index (χ3n) is 0.993. The van der Waals surface area contributed by atoms with Crippen LogP contribution < -0.4 is 34.7 Å². The molecule has 0 bridgehead atoms. The van der Waals surface area contributed by atoms with Crippen LogP contribution in [0, 0.1) is 6.92 Å². The zero-order valence-corrected chi connectivity index (χ0v) is 9.60. The van der Waals surface area contributed by atoms with Crippen LogP contribution in [-0.4, -0.2) is 16.2 Å². The summed E-state index contributed by atoms with van der Waals surface area (Å²) in [5.41, 5.74) is 0.726. The molecule has 1 rings (SSSR count). The fourth-order valence-corrected chi connectivity index (χ4v) is 1.02. The van der Waals surface area contributed by atoms with E-state index in [1.807, 2.05) is 6.26 Å². The Hall–Kier alpha value is 0.230. The van der Waals surface area contributed by atoms with Crippen molar-refractivity contribution in [3.05, 3.63) is 11.8 Å². The fourth-order valence-electron chi connectivity index (χ4n) is 0.605. The van der Waals surface area contributed by atoms with Gasteiger partial charge in [-0.2, -0.15) is 0 Å². The van der Waals surface area contributed by atoms with E-state index in [-0.39, 0.29) is 35.4 Å². The Bertz CT molecular complexity index is 224. The summed E-state index contributed by atoms with van der Waals surface area (Å²) in [5.74, 6) is -0.211. The molecule has 0 saturated carbocycles. The van der Waals surface area contributed by atoms with Gasteiger partial charge in [0.25, 0.3) is 0 Å². The third kappa shape index (κ3) is 3.42. The van der Waals surface area contributed by atoms with Crippen LogP contribution in [0.15, 0.2) is 11.2 Å². The van der Waals surface area contributed by atoms with Crippen molar-refractivity contribution in [3.63, 3.8) is 0 Å². The van der Waals surface area contributed by atoms with Crippen molar-refractivity contribution < 1.29 is 34.7 Å². The average molecular weight is 178 g/mol. The van der Waals surface area contributed by atoms with Crippen LogP contribution in [-0.2, 0) is 0 Å². The van der Waals surface area contributed by atoms with Crippen LogP contribution in [0.2, 0.25) is 0 Å². The molecule has 11 heavy (non-hydrogen) atoms. The standard InChI is InChI=1S/C6H8N2OS.Na/c1-4-3-5(9)8-6(7-4)10-2;/h3H,1-2H3,(H,7,8,9);/q;+1/p-1. The van der Waals surface area contributed by atoms with Crippen LogP contribution in [0.5, 0.6) is 5.88 Å². The van der Waals surface area contributed by atoms with Gasteiger partial charge < -0.3 is 5.11 Å². The second kappa shape index (κ2) is 4.98. The second-order valence-electron chi connectivity index (χ2n) is 1.83. The van der Waals surface area contributed by atoms with Gasteiger partial charge in [0.05, 0.1) is 0 Å². The zero-order valence-electron chi connectivity index (χ0n) is 6.79. The van der Waals surface area contributed by atoms with E-state index in [0.29, 0.717) is 5.16 Å². The zero-order chi connectivity index (χ0) is 7.56. The fraction of sp³-hybridized carbons (Fsp3) is 0.333. The molecular formula is C6H7N2NaOS. The molecule has 0 aliphatic rings. The molecule has 0 aromatic carbocycles. The maximum atomic E-state index is 10.7. The first-order chi connectivity index (χ1) is 4.72. The van der Waals surface area contributed by atoms with E-state index < -0.39 is 0 Å². The Morgan fingerprint density at radius 2 is 2.09 bits per heavy atom. The van der Waals surface area contributed by atoms with Gasteiger partial charge in [0, 0.05) is 5.69 Å². The number of thioether (sulfide) groups is 1. The summed E-state index contributed by atoms with van der Waals surface area (Å²) in [6.45, 7) is 1.78. The Morgan fingerprint density at radius 1 is 1.45 bits per heavy atom. The smallest absolute Gasteiger partial charge is 0.858 e. The Balaban J connectivity index is 0.000001000. The number of rotatable bonds is 1. The van der Waals surface area contributed by atoms with Crippen molar-refractivity contribution in [3.8, 4) is 5.88 Å². The first-order valence-electron chi connectivity index (χ1n) is 2.79. The van der Waals surface area contributed by atoms with E-state index in [9.17, 15) is 5.11 Å². The van der Waals surface area contributed by atoms with Crippen molar-refractivity contribution in [2.75, 3.05) is 6.26 Å². The minimum Gasteiger partial charge on any atom is -0.858 e. The molecule has 0 aliphatic carbocycles. The van der Waals surface area contributed by atoms with E-state index in [4.69, 9.17) is 0 Å². The minimum atomic E-state index is -0.211. The van der Waals surface area contributed by atoms with Crippen molar-refractivity contribution in [1.29, 1.82) is 0 Å². The molecule has 0 aliphatic heterocycles. The topological polar surface area (TPSA) is 48.8 Å². The number of nitrogens with zero attached hydrogens (tertiary/aromatic N) is 2. The van der Waals surface area contributed by atoms with Crippen molar-refractivity contribution >= 4 is 11.8 Å². The molecular weight excluding hydrogens is 171 g/mol. The predicted molar refractivity (Wildman–Crippen MR) is 38.0 cm³/mol. The van der Waals surface area contributed by atoms with Gasteiger partial charge in [0.1, 0.15) is 0 Å². The van der Waals surface area contributed by atoms with Gasteiger partial charge in [0.2, 0.25) is 0 Å². The number of aromatic nitrogens is 2. The van der Waals surface area contributed by atoms with Crippen molar-refractivity contribution in [2.24, 2.45) is 0 Å². The van der Waals surface area contributed by atoms with Crippen LogP contribution >= 0.6 is 11.8 Å². The molecule has 1 aromatic rings. The minimum absolute atomic E-state index is 0. The van der Waals surface area contributed by atoms with Crippen LogP contribution in [0.25, 0.3) is 0 Å². The predicted octanol–water partition coefficient (Wildman–Crippen LogP) is -2.42. The van der Waals surface area contributed by atoms with E-state index >= 15 is 0 Å². The third-order valence-corrected chi connectivity index (χ3v) is 1.54. The molecule has 0 radical (unpaired) electrons. The molecule has 0 spiro atoms. The molecule has 1 heterocycles. The van der Waals surface area contributed by atoms with E-state index in [2.05, 4.69) is 9.97 Å². The Morgan fingerprint density at radius 3 is 2.55 bits per heavy atom. The molecule has 0 N–H and O–H groups in total. The summed E-state index contributed by atoms with van der Waals surface area (Å²) in [6, 6.07) is 1.42. The summed E-state index contributed by atoms with van der Waals surface area (Å²) in [6.07, 6.45) is 1.84. The van der Waals surface area contributed by atoms with Gasteiger partial charge in [-0.3, -0.25) is 0 Å². The van der Waals surface area contributed by atoms with Gasteiger partial charge in [-0.15, -0.1) is 0 Å². The summed E-state index contributed by atoms with van der Waals surface area (Å²) in [7, 11) is 0. The summed E-state index contributed by atoms with van der Waals surface area (Å²) < 4.78 is 0. The normalized spacial score (nSPS) is 8.91. The molecule has 1 aromatic heterocycles. The number of hydrogen-bond acceptors (Lipinski definition) is 4. The second-order valence-corrected chi connectivity index (χ2v) is 2.61. The largest absolute Gasteiger partial charge is 1.00 e. The maximum Gasteiger partial charge on any atom is 1.00 e. The molecule has 3 nitrogen and oxygen atoms in total. The SMILES string of the molecule is CSc1nc(C)cc([O-])n1.[Na+]. The molecule has 0 amide bonds. The maximum absolute atomic E-state index is 10.7. The average Bonchev–Trinajstić information content (AvgIpc) is 1.85. The Kier molecular flexibility index (Phi) is 5.08. The van der Waals surface area contributed by atoms with Gasteiger partial charge in [-0.05, 0) is 25.1 Å². The summed E-state index contributed by atoms with van der Waals surface area (Å²) in [5, 5.41) is 11.3. The number of aryl methyl sites for hydroxylation is 1. The number of hydrogen-bond donors (Lipinski definition) is 0. The van der Waals surface area contributed by atoms with E-state index in [0.717, 1.165) is 5.69 Å². The summed E-state index contributed by atoms with van der Waals surface area (Å²) in [4.78, 5) is 7.65. The summed E-state index contributed by atoms with van der Waals surface area (Å²) >= 11 is 1.37.